The lowest BCUT2D eigenvalue weighted by atomic mass is 10.0. The Morgan fingerprint density at radius 1 is 0.479 bits per heavy atom. The molecule has 268 valence electrons. The summed E-state index contributed by atoms with van der Waals surface area (Å²) >= 11 is 0. The number of amides is 10. The van der Waals surface area contributed by atoms with Gasteiger partial charge in [-0.15, -0.1) is 0 Å². The van der Waals surface area contributed by atoms with Gasteiger partial charge in [0.1, 0.15) is 24.2 Å². The van der Waals surface area contributed by atoms with Crippen LogP contribution in [0.4, 0.5) is 0 Å². The minimum absolute atomic E-state index is 0.416. The second-order valence-electron chi connectivity index (χ2n) is 10.3. The zero-order valence-corrected chi connectivity index (χ0v) is 25.7. The van der Waals surface area contributed by atoms with Crippen LogP contribution in [0.5, 0.6) is 0 Å². The van der Waals surface area contributed by atoms with Gasteiger partial charge in [-0.2, -0.15) is 0 Å². The van der Waals surface area contributed by atoms with Crippen molar-refractivity contribution in [2.24, 2.45) is 34.4 Å². The average Bonchev–Trinajstić information content (AvgIpc) is 2.96. The molecule has 0 spiro atoms. The van der Waals surface area contributed by atoms with Crippen LogP contribution in [0.3, 0.4) is 0 Å². The van der Waals surface area contributed by atoms with Gasteiger partial charge in [-0.05, 0) is 19.3 Å². The first kappa shape index (κ1) is 42.1. The summed E-state index contributed by atoms with van der Waals surface area (Å²) in [4.78, 5) is 132. The van der Waals surface area contributed by atoms with Crippen LogP contribution in [-0.2, 0) is 52.7 Å². The summed E-state index contributed by atoms with van der Waals surface area (Å²) in [5.74, 6) is -11.7. The first-order chi connectivity index (χ1) is 22.2. The van der Waals surface area contributed by atoms with E-state index >= 15 is 0 Å². The number of nitrogens with two attached hydrogens (primary N) is 6. The maximum atomic E-state index is 13.2. The molecule has 0 radical (unpaired) electrons. The second kappa shape index (κ2) is 21.0. The number of primary amides is 5. The molecular formula is C25H41N11O12. The van der Waals surface area contributed by atoms with Gasteiger partial charge in [0, 0.05) is 19.3 Å². The smallest absolute Gasteiger partial charge is 0.326 e. The Morgan fingerprint density at radius 3 is 1.23 bits per heavy atom. The van der Waals surface area contributed by atoms with E-state index in [1.807, 2.05) is 0 Å². The van der Waals surface area contributed by atoms with Gasteiger partial charge in [0.15, 0.2) is 0 Å². The average molecular weight is 688 g/mol. The number of carboxylic acids is 1. The molecule has 0 saturated heterocycles. The van der Waals surface area contributed by atoms with Crippen molar-refractivity contribution in [3.63, 3.8) is 0 Å². The molecule has 23 nitrogen and oxygen atoms in total. The van der Waals surface area contributed by atoms with E-state index in [0.29, 0.717) is 0 Å². The van der Waals surface area contributed by atoms with Gasteiger partial charge in [-0.1, -0.05) is 0 Å². The van der Waals surface area contributed by atoms with Crippen LogP contribution in [0, 0.1) is 0 Å². The Bertz CT molecular complexity index is 1280. The Hall–Kier alpha value is -5.87. The Balaban J connectivity index is 5.95. The highest BCUT2D eigenvalue weighted by Crippen LogP contribution is 2.06. The lowest BCUT2D eigenvalue weighted by molar-refractivity contribution is -0.142. The van der Waals surface area contributed by atoms with Crippen LogP contribution in [0.1, 0.15) is 51.4 Å². The van der Waals surface area contributed by atoms with Crippen LogP contribution < -0.4 is 61.0 Å². The minimum atomic E-state index is -1.74. The Kier molecular flexibility index (Phi) is 18.5. The molecule has 10 amide bonds. The topological polar surface area (TPSA) is 424 Å². The Labute approximate surface area is 272 Å². The molecule has 0 aromatic carbocycles. The quantitative estimate of drug-likeness (QED) is 0.0449. The first-order valence-electron chi connectivity index (χ1n) is 14.1. The summed E-state index contributed by atoms with van der Waals surface area (Å²) in [5, 5.41) is 20.1. The molecule has 5 atom stereocenters. The standard InChI is InChI=1S/C25H41N11O12/c26-10(7-18(30)40)21(43)32-9-20(42)33-14(8-19(31)41)24(46)35-11(1-4-15(27)37)22(44)34-12(2-5-16(28)38)23(45)36-13(25(47)48)3-6-17(29)39/h10-14H,1-9,26H2,(H2,27,37)(H2,28,38)(H2,29,39)(H2,30,40)(H2,31,41)(H,32,43)(H,33,42)(H,34,44)(H,35,46)(H,36,45)(H,47,48)/t10-,11-,12-,13-,14-/m0/s1. The number of carboxylic acid groups (broad SMARTS) is 1. The molecule has 18 N–H and O–H groups in total. The summed E-state index contributed by atoms with van der Waals surface area (Å²) in [6.07, 6.45) is -4.12. The fourth-order valence-corrected chi connectivity index (χ4v) is 3.74. The van der Waals surface area contributed by atoms with Crippen molar-refractivity contribution < 1.29 is 57.8 Å². The fraction of sp³-hybridized carbons (Fsp3) is 0.560. The zero-order valence-electron chi connectivity index (χ0n) is 25.7. The van der Waals surface area contributed by atoms with Crippen molar-refractivity contribution in [1.29, 1.82) is 0 Å². The third-order valence-corrected chi connectivity index (χ3v) is 6.16. The highest BCUT2D eigenvalue weighted by Gasteiger charge is 2.32. The number of carbonyl (C=O) groups is 11. The van der Waals surface area contributed by atoms with Crippen molar-refractivity contribution in [3.8, 4) is 0 Å². The lowest BCUT2D eigenvalue weighted by Gasteiger charge is -2.25. The number of hydrogen-bond acceptors (Lipinski definition) is 12. The van der Waals surface area contributed by atoms with Crippen molar-refractivity contribution in [1.82, 2.24) is 26.6 Å². The van der Waals surface area contributed by atoms with Gasteiger partial charge in [0.2, 0.25) is 59.1 Å². The van der Waals surface area contributed by atoms with Gasteiger partial charge in [-0.3, -0.25) is 47.9 Å². The van der Waals surface area contributed by atoms with Gasteiger partial charge in [-0.25, -0.2) is 4.79 Å². The highest BCUT2D eigenvalue weighted by atomic mass is 16.4. The van der Waals surface area contributed by atoms with Crippen LogP contribution in [-0.4, -0.2) is 107 Å². The summed E-state index contributed by atoms with van der Waals surface area (Å²) in [5.41, 5.74) is 30.9. The summed E-state index contributed by atoms with van der Waals surface area (Å²) in [7, 11) is 0. The van der Waals surface area contributed by atoms with E-state index < -0.39 is 153 Å². The lowest BCUT2D eigenvalue weighted by Crippen LogP contribution is -2.58. The normalized spacial score (nSPS) is 13.6. The minimum Gasteiger partial charge on any atom is -0.480 e. The van der Waals surface area contributed by atoms with Crippen LogP contribution in [0.2, 0.25) is 0 Å². The maximum absolute atomic E-state index is 13.2. The molecule has 0 fully saturated rings. The zero-order chi connectivity index (χ0) is 37.1. The molecule has 0 aromatic heterocycles. The SMILES string of the molecule is NC(=O)CC[C@H](NC(=O)[C@H](CCC(N)=O)NC(=O)[C@H](CCC(N)=O)NC(=O)[C@H](CC(N)=O)NC(=O)CNC(=O)[C@@H](N)CC(N)=O)C(=O)O. The predicted molar refractivity (Wildman–Crippen MR) is 159 cm³/mol. The second-order valence-corrected chi connectivity index (χ2v) is 10.3. The summed E-state index contributed by atoms with van der Waals surface area (Å²) in [6.45, 7) is -0.785. The van der Waals surface area contributed by atoms with Crippen molar-refractivity contribution in [2.75, 3.05) is 6.54 Å². The van der Waals surface area contributed by atoms with Crippen molar-refractivity contribution in [3.05, 3.63) is 0 Å². The molecular weight excluding hydrogens is 646 g/mol. The van der Waals surface area contributed by atoms with Gasteiger partial charge in [0.25, 0.3) is 0 Å². The monoisotopic (exact) mass is 687 g/mol. The van der Waals surface area contributed by atoms with Crippen LogP contribution >= 0.6 is 0 Å². The highest BCUT2D eigenvalue weighted by molar-refractivity contribution is 5.97. The molecule has 0 aliphatic rings. The van der Waals surface area contributed by atoms with E-state index in [1.54, 1.807) is 0 Å². The number of aliphatic carboxylic acids is 1. The third-order valence-electron chi connectivity index (χ3n) is 6.16. The van der Waals surface area contributed by atoms with Crippen molar-refractivity contribution >= 4 is 65.0 Å². The largest absolute Gasteiger partial charge is 0.480 e. The molecule has 23 heteroatoms. The summed E-state index contributed by atoms with van der Waals surface area (Å²) < 4.78 is 0. The molecule has 0 unspecified atom stereocenters. The maximum Gasteiger partial charge on any atom is 0.326 e. The number of hydrogen-bond donors (Lipinski definition) is 12. The van der Waals surface area contributed by atoms with E-state index in [0.717, 1.165) is 0 Å². The van der Waals surface area contributed by atoms with E-state index in [9.17, 15) is 57.8 Å². The van der Waals surface area contributed by atoms with E-state index in [-0.39, 0.29) is 0 Å². The van der Waals surface area contributed by atoms with Crippen LogP contribution in [0.25, 0.3) is 0 Å². The van der Waals surface area contributed by atoms with Crippen molar-refractivity contribution in [2.45, 2.75) is 81.6 Å². The molecule has 0 rings (SSSR count). The van der Waals surface area contributed by atoms with E-state index in [1.165, 1.54) is 0 Å². The molecule has 0 bridgehead atoms. The molecule has 0 aliphatic heterocycles. The first-order valence-corrected chi connectivity index (χ1v) is 14.1. The number of nitrogens with one attached hydrogen (secondary N) is 5. The molecule has 0 saturated carbocycles. The molecule has 0 aromatic rings. The molecule has 0 heterocycles. The van der Waals surface area contributed by atoms with E-state index in [4.69, 9.17) is 34.4 Å². The van der Waals surface area contributed by atoms with Gasteiger partial charge in [0.05, 0.1) is 25.4 Å². The number of rotatable bonds is 24. The third kappa shape index (κ3) is 18.2. The van der Waals surface area contributed by atoms with Gasteiger partial charge >= 0.3 is 5.97 Å². The fourth-order valence-electron chi connectivity index (χ4n) is 3.74. The van der Waals surface area contributed by atoms with Crippen LogP contribution in [0.15, 0.2) is 0 Å². The predicted octanol–water partition coefficient (Wildman–Crippen LogP) is -8.00. The molecule has 48 heavy (non-hydrogen) atoms. The van der Waals surface area contributed by atoms with E-state index in [2.05, 4.69) is 26.6 Å². The van der Waals surface area contributed by atoms with Gasteiger partial charge < -0.3 is 66.1 Å². The number of carbonyl (C=O) groups excluding carboxylic acids is 10. The Morgan fingerprint density at radius 2 is 0.854 bits per heavy atom. The molecule has 0 aliphatic carbocycles. The summed E-state index contributed by atoms with van der Waals surface area (Å²) in [6, 6.07) is -8.09.